The fourth-order valence-corrected chi connectivity index (χ4v) is 1.88. The Hall–Kier alpha value is -2.56. The largest absolute Gasteiger partial charge is 0.481 e. The van der Waals surface area contributed by atoms with Gasteiger partial charge in [-0.2, -0.15) is 0 Å². The third-order valence-corrected chi connectivity index (χ3v) is 2.82. The number of rotatable bonds is 6. The molecule has 2 rings (SSSR count). The highest BCUT2D eigenvalue weighted by molar-refractivity contribution is 6.04. The van der Waals surface area contributed by atoms with Crippen LogP contribution in [0.4, 0.5) is 5.69 Å². The van der Waals surface area contributed by atoms with E-state index in [-0.39, 0.29) is 18.1 Å². The van der Waals surface area contributed by atoms with Crippen LogP contribution in [0.5, 0.6) is 0 Å². The van der Waals surface area contributed by atoms with E-state index < -0.39 is 5.97 Å². The van der Waals surface area contributed by atoms with Crippen molar-refractivity contribution in [2.75, 3.05) is 11.4 Å². The Labute approximate surface area is 116 Å². The molecule has 5 heteroatoms. The number of carbonyl (C=O) groups excluding carboxylic acids is 1. The topological polar surface area (TPSA) is 70.8 Å². The van der Waals surface area contributed by atoms with Gasteiger partial charge in [0.15, 0.2) is 5.76 Å². The van der Waals surface area contributed by atoms with Crippen molar-refractivity contribution in [1.82, 2.24) is 0 Å². The number of carboxylic acids is 1. The molecule has 2 aromatic rings. The van der Waals surface area contributed by atoms with Crippen LogP contribution in [0.15, 0.2) is 53.1 Å². The smallest absolute Gasteiger partial charge is 0.303 e. The molecule has 0 saturated carbocycles. The van der Waals surface area contributed by atoms with Crippen LogP contribution in [0.3, 0.4) is 0 Å². The van der Waals surface area contributed by atoms with Gasteiger partial charge in [-0.3, -0.25) is 9.59 Å². The van der Waals surface area contributed by atoms with Crippen LogP contribution in [0.2, 0.25) is 0 Å². The van der Waals surface area contributed by atoms with Crippen LogP contribution in [-0.2, 0) is 4.79 Å². The molecule has 1 aromatic carbocycles. The van der Waals surface area contributed by atoms with Crippen molar-refractivity contribution in [3.8, 4) is 0 Å². The van der Waals surface area contributed by atoms with Crippen LogP contribution in [0, 0.1) is 0 Å². The van der Waals surface area contributed by atoms with Crippen molar-refractivity contribution in [3.63, 3.8) is 0 Å². The molecule has 0 aliphatic heterocycles. The number of carbonyl (C=O) groups is 2. The maximum atomic E-state index is 12.4. The zero-order chi connectivity index (χ0) is 14.4. The number of hydrogen-bond acceptors (Lipinski definition) is 3. The van der Waals surface area contributed by atoms with E-state index >= 15 is 0 Å². The fraction of sp³-hybridized carbons (Fsp3) is 0.200. The third kappa shape index (κ3) is 3.47. The molecular weight excluding hydrogens is 258 g/mol. The number of aliphatic carboxylic acids is 1. The van der Waals surface area contributed by atoms with E-state index in [0.29, 0.717) is 13.0 Å². The Morgan fingerprint density at radius 1 is 1.10 bits per heavy atom. The summed E-state index contributed by atoms with van der Waals surface area (Å²) in [7, 11) is 0. The number of nitrogens with zero attached hydrogens (tertiary/aromatic N) is 1. The summed E-state index contributed by atoms with van der Waals surface area (Å²) in [4.78, 5) is 24.5. The van der Waals surface area contributed by atoms with E-state index in [4.69, 9.17) is 9.52 Å². The van der Waals surface area contributed by atoms with Gasteiger partial charge in [-0.25, -0.2) is 0 Å². The van der Waals surface area contributed by atoms with Gasteiger partial charge in [0, 0.05) is 18.7 Å². The number of anilines is 1. The quantitative estimate of drug-likeness (QED) is 0.878. The lowest BCUT2D eigenvalue weighted by Gasteiger charge is -2.21. The molecule has 0 spiro atoms. The summed E-state index contributed by atoms with van der Waals surface area (Å²) in [6, 6.07) is 12.4. The van der Waals surface area contributed by atoms with E-state index in [2.05, 4.69) is 0 Å². The fourth-order valence-electron chi connectivity index (χ4n) is 1.88. The lowest BCUT2D eigenvalue weighted by atomic mass is 10.2. The highest BCUT2D eigenvalue weighted by Crippen LogP contribution is 2.18. The van der Waals surface area contributed by atoms with Gasteiger partial charge >= 0.3 is 5.97 Å². The molecule has 0 bridgehead atoms. The molecule has 5 nitrogen and oxygen atoms in total. The van der Waals surface area contributed by atoms with Gasteiger partial charge in [0.05, 0.1) is 6.26 Å². The lowest BCUT2D eigenvalue weighted by Crippen LogP contribution is -2.31. The van der Waals surface area contributed by atoms with Crippen LogP contribution < -0.4 is 4.90 Å². The van der Waals surface area contributed by atoms with E-state index in [0.717, 1.165) is 5.69 Å². The van der Waals surface area contributed by atoms with Crippen molar-refractivity contribution in [2.24, 2.45) is 0 Å². The molecule has 0 atom stereocenters. The van der Waals surface area contributed by atoms with E-state index in [1.807, 2.05) is 30.3 Å². The standard InChI is InChI=1S/C15H15NO4/c17-14(18)9-4-10-16(12-6-2-1-3-7-12)15(19)13-8-5-11-20-13/h1-3,5-8,11H,4,9-10H2,(H,17,18). The van der Waals surface area contributed by atoms with Crippen molar-refractivity contribution in [2.45, 2.75) is 12.8 Å². The first-order chi connectivity index (χ1) is 9.68. The minimum atomic E-state index is -0.872. The molecule has 0 aliphatic rings. The molecule has 0 radical (unpaired) electrons. The summed E-state index contributed by atoms with van der Waals surface area (Å²) in [5.41, 5.74) is 0.722. The highest BCUT2D eigenvalue weighted by atomic mass is 16.4. The van der Waals surface area contributed by atoms with Gasteiger partial charge in [-0.15, -0.1) is 0 Å². The number of amides is 1. The van der Waals surface area contributed by atoms with Crippen molar-refractivity contribution < 1.29 is 19.1 Å². The summed E-state index contributed by atoms with van der Waals surface area (Å²) in [6.45, 7) is 0.329. The number of para-hydroxylation sites is 1. The monoisotopic (exact) mass is 273 g/mol. The molecule has 0 fully saturated rings. The summed E-state index contributed by atoms with van der Waals surface area (Å²) < 4.78 is 5.12. The second-order valence-corrected chi connectivity index (χ2v) is 4.27. The minimum Gasteiger partial charge on any atom is -0.481 e. The van der Waals surface area contributed by atoms with Gasteiger partial charge in [-0.05, 0) is 30.7 Å². The number of benzene rings is 1. The zero-order valence-corrected chi connectivity index (χ0v) is 10.9. The zero-order valence-electron chi connectivity index (χ0n) is 10.9. The van der Waals surface area contributed by atoms with Crippen LogP contribution >= 0.6 is 0 Å². The Kier molecular flexibility index (Phi) is 4.55. The third-order valence-electron chi connectivity index (χ3n) is 2.82. The summed E-state index contributed by atoms with van der Waals surface area (Å²) in [5.74, 6) is -0.903. The second-order valence-electron chi connectivity index (χ2n) is 4.27. The van der Waals surface area contributed by atoms with Crippen LogP contribution in [-0.4, -0.2) is 23.5 Å². The van der Waals surface area contributed by atoms with Crippen molar-refractivity contribution in [1.29, 1.82) is 0 Å². The average Bonchev–Trinajstić information content (AvgIpc) is 2.98. The van der Waals surface area contributed by atoms with E-state index in [9.17, 15) is 9.59 Å². The van der Waals surface area contributed by atoms with Crippen LogP contribution in [0.1, 0.15) is 23.4 Å². The molecule has 1 aromatic heterocycles. The molecule has 1 N–H and O–H groups in total. The number of furan rings is 1. The number of hydrogen-bond donors (Lipinski definition) is 1. The van der Waals surface area contributed by atoms with Gasteiger partial charge in [0.25, 0.3) is 5.91 Å². The average molecular weight is 273 g/mol. The maximum Gasteiger partial charge on any atom is 0.303 e. The SMILES string of the molecule is O=C(O)CCCN(C(=O)c1ccco1)c1ccccc1. The van der Waals surface area contributed by atoms with Gasteiger partial charge in [0.2, 0.25) is 0 Å². The van der Waals surface area contributed by atoms with Gasteiger partial charge in [-0.1, -0.05) is 18.2 Å². The number of carboxylic acid groups (broad SMARTS) is 1. The molecule has 20 heavy (non-hydrogen) atoms. The maximum absolute atomic E-state index is 12.4. The lowest BCUT2D eigenvalue weighted by molar-refractivity contribution is -0.137. The second kappa shape index (κ2) is 6.56. The molecule has 104 valence electrons. The summed E-state index contributed by atoms with van der Waals surface area (Å²) in [5, 5.41) is 8.70. The van der Waals surface area contributed by atoms with Crippen LogP contribution in [0.25, 0.3) is 0 Å². The van der Waals surface area contributed by atoms with Crippen molar-refractivity contribution >= 4 is 17.6 Å². The van der Waals surface area contributed by atoms with E-state index in [1.54, 1.807) is 12.1 Å². The first kappa shape index (κ1) is 13.9. The first-order valence-corrected chi connectivity index (χ1v) is 6.30. The van der Waals surface area contributed by atoms with Crippen molar-refractivity contribution in [3.05, 3.63) is 54.5 Å². The van der Waals surface area contributed by atoms with Gasteiger partial charge < -0.3 is 14.4 Å². The highest BCUT2D eigenvalue weighted by Gasteiger charge is 2.19. The molecular formula is C15H15NO4. The minimum absolute atomic E-state index is 0.0226. The molecule has 1 heterocycles. The van der Waals surface area contributed by atoms with Gasteiger partial charge in [0.1, 0.15) is 0 Å². The predicted octanol–water partition coefficient (Wildman–Crippen LogP) is 2.79. The Balaban J connectivity index is 2.16. The molecule has 0 aliphatic carbocycles. The molecule has 1 amide bonds. The van der Waals surface area contributed by atoms with E-state index in [1.165, 1.54) is 11.2 Å². The Morgan fingerprint density at radius 3 is 2.45 bits per heavy atom. The predicted molar refractivity (Wildman–Crippen MR) is 73.7 cm³/mol. The normalized spacial score (nSPS) is 10.2. The molecule has 0 unspecified atom stereocenters. The molecule has 0 saturated heterocycles. The Morgan fingerprint density at radius 2 is 1.85 bits per heavy atom. The Bertz CT molecular complexity index is 563. The summed E-state index contributed by atoms with van der Waals surface area (Å²) in [6.07, 6.45) is 1.85. The first-order valence-electron chi connectivity index (χ1n) is 6.30. The summed E-state index contributed by atoms with van der Waals surface area (Å²) >= 11 is 0.